The first-order valence-electron chi connectivity index (χ1n) is 13.3. The molecule has 0 spiro atoms. The molecule has 2 saturated heterocycles. The molecule has 0 N–H and O–H groups in total. The first kappa shape index (κ1) is 27.6. The van der Waals surface area contributed by atoms with Crippen molar-refractivity contribution in [1.82, 2.24) is 24.7 Å². The van der Waals surface area contributed by atoms with Gasteiger partial charge in [-0.3, -0.25) is 4.79 Å². The molecule has 3 heterocycles. The highest BCUT2D eigenvalue weighted by atomic mass is 16.6. The molecule has 0 atom stereocenters. The number of carbonyl (C=O) groups excluding carboxylic acids is 2. The smallest absolute Gasteiger partial charge is 0.410 e. The summed E-state index contributed by atoms with van der Waals surface area (Å²) in [7, 11) is 4.02. The van der Waals surface area contributed by atoms with Gasteiger partial charge >= 0.3 is 6.09 Å². The van der Waals surface area contributed by atoms with Gasteiger partial charge in [-0.15, -0.1) is 0 Å². The fourth-order valence-corrected chi connectivity index (χ4v) is 4.62. The second-order valence-electron chi connectivity index (χ2n) is 11.1. The summed E-state index contributed by atoms with van der Waals surface area (Å²) < 4.78 is 11.3. The Labute approximate surface area is 225 Å². The van der Waals surface area contributed by atoms with Gasteiger partial charge in [0.05, 0.1) is 12.4 Å². The molecule has 2 aromatic rings. The molecule has 1 aromatic heterocycles. The van der Waals surface area contributed by atoms with Gasteiger partial charge in [0.2, 0.25) is 5.95 Å². The molecule has 10 nitrogen and oxygen atoms in total. The molecular formula is C28H40N6O4. The molecule has 2 aliphatic heterocycles. The summed E-state index contributed by atoms with van der Waals surface area (Å²) in [6, 6.07) is 7.87. The topological polar surface area (TPSA) is 91.3 Å². The quantitative estimate of drug-likeness (QED) is 0.569. The van der Waals surface area contributed by atoms with Crippen molar-refractivity contribution in [2.45, 2.75) is 51.9 Å². The highest BCUT2D eigenvalue weighted by molar-refractivity contribution is 5.94. The number of hydrogen-bond acceptors (Lipinski definition) is 8. The van der Waals surface area contributed by atoms with E-state index < -0.39 is 5.60 Å². The lowest BCUT2D eigenvalue weighted by atomic mass is 10.0. The minimum Gasteiger partial charge on any atom is -0.486 e. The highest BCUT2D eigenvalue weighted by Crippen LogP contribution is 2.19. The number of likely N-dealkylation sites (tertiary alicyclic amines) is 1. The van der Waals surface area contributed by atoms with Gasteiger partial charge in [0, 0.05) is 44.8 Å². The van der Waals surface area contributed by atoms with Crippen LogP contribution in [0, 0.1) is 0 Å². The first-order valence-corrected chi connectivity index (χ1v) is 13.3. The SMILES string of the molecule is CN1CCC(N(C)C(=O)c2ccc(COc3cnc(N4CCN(C(=O)OC(C)(C)C)CC4)nc3)cc2)CC1. The van der Waals surface area contributed by atoms with E-state index in [0.29, 0.717) is 56.1 Å². The molecule has 4 rings (SSSR count). The van der Waals surface area contributed by atoms with Gasteiger partial charge in [-0.2, -0.15) is 0 Å². The number of ether oxygens (including phenoxy) is 2. The van der Waals surface area contributed by atoms with Gasteiger partial charge in [0.25, 0.3) is 5.91 Å². The van der Waals surface area contributed by atoms with Crippen molar-refractivity contribution in [2.24, 2.45) is 0 Å². The average Bonchev–Trinajstić information content (AvgIpc) is 2.91. The number of piperidine rings is 1. The summed E-state index contributed by atoms with van der Waals surface area (Å²) >= 11 is 0. The van der Waals surface area contributed by atoms with E-state index in [2.05, 4.69) is 21.9 Å². The highest BCUT2D eigenvalue weighted by Gasteiger charge is 2.27. The fourth-order valence-electron chi connectivity index (χ4n) is 4.62. The molecule has 0 aliphatic carbocycles. The molecular weight excluding hydrogens is 484 g/mol. The zero-order chi connectivity index (χ0) is 27.3. The lowest BCUT2D eigenvalue weighted by molar-refractivity contribution is 0.0240. The number of anilines is 1. The Bertz CT molecular complexity index is 1070. The number of carbonyl (C=O) groups is 2. The third-order valence-corrected chi connectivity index (χ3v) is 6.99. The van der Waals surface area contributed by atoms with E-state index in [1.54, 1.807) is 17.3 Å². The van der Waals surface area contributed by atoms with E-state index in [9.17, 15) is 9.59 Å². The summed E-state index contributed by atoms with van der Waals surface area (Å²) in [6.07, 6.45) is 5.05. The molecule has 38 heavy (non-hydrogen) atoms. The van der Waals surface area contributed by atoms with Crippen molar-refractivity contribution in [3.8, 4) is 5.75 Å². The van der Waals surface area contributed by atoms with E-state index in [-0.39, 0.29) is 12.0 Å². The van der Waals surface area contributed by atoms with Gasteiger partial charge in [0.1, 0.15) is 12.2 Å². The molecule has 0 radical (unpaired) electrons. The number of amides is 2. The van der Waals surface area contributed by atoms with Crippen molar-refractivity contribution in [3.63, 3.8) is 0 Å². The maximum Gasteiger partial charge on any atom is 0.410 e. The lowest BCUT2D eigenvalue weighted by Crippen LogP contribution is -2.50. The summed E-state index contributed by atoms with van der Waals surface area (Å²) in [6.45, 7) is 10.4. The standard InChI is InChI=1S/C28H40N6O4/c1-28(2,3)38-27(36)34-16-14-33(15-17-34)26-29-18-24(19-30-26)37-20-21-6-8-22(9-7-21)25(35)32(5)23-10-12-31(4)13-11-23/h6-9,18-19,23H,10-17,20H2,1-5H3. The molecule has 0 saturated carbocycles. The second-order valence-corrected chi connectivity index (χ2v) is 11.1. The summed E-state index contributed by atoms with van der Waals surface area (Å²) in [4.78, 5) is 42.0. The summed E-state index contributed by atoms with van der Waals surface area (Å²) in [5, 5.41) is 0. The van der Waals surface area contributed by atoms with Crippen LogP contribution in [0.25, 0.3) is 0 Å². The Balaban J connectivity index is 1.23. The number of rotatable bonds is 6. The summed E-state index contributed by atoms with van der Waals surface area (Å²) in [5.74, 6) is 1.24. The third kappa shape index (κ3) is 7.34. The number of nitrogens with zero attached hydrogens (tertiary/aromatic N) is 6. The van der Waals surface area contributed by atoms with Crippen LogP contribution >= 0.6 is 0 Å². The molecule has 0 bridgehead atoms. The Morgan fingerprint density at radius 3 is 2.16 bits per heavy atom. The van der Waals surface area contributed by atoms with Gasteiger partial charge in [0.15, 0.2) is 5.75 Å². The van der Waals surface area contributed by atoms with Gasteiger partial charge < -0.3 is 29.1 Å². The van der Waals surface area contributed by atoms with Gasteiger partial charge in [-0.25, -0.2) is 14.8 Å². The van der Waals surface area contributed by atoms with E-state index in [4.69, 9.17) is 9.47 Å². The Hall–Kier alpha value is -3.40. The Morgan fingerprint density at radius 2 is 1.58 bits per heavy atom. The van der Waals surface area contributed by atoms with Crippen molar-refractivity contribution in [1.29, 1.82) is 0 Å². The van der Waals surface area contributed by atoms with Crippen LogP contribution in [0.15, 0.2) is 36.7 Å². The Morgan fingerprint density at radius 1 is 0.974 bits per heavy atom. The molecule has 2 fully saturated rings. The van der Waals surface area contributed by atoms with Crippen molar-refractivity contribution in [3.05, 3.63) is 47.8 Å². The number of aromatic nitrogens is 2. The average molecular weight is 525 g/mol. The van der Waals surface area contributed by atoms with Crippen LogP contribution in [0.3, 0.4) is 0 Å². The molecule has 2 amide bonds. The monoisotopic (exact) mass is 524 g/mol. The molecule has 206 valence electrons. The second kappa shape index (κ2) is 12.0. The zero-order valence-electron chi connectivity index (χ0n) is 23.2. The minimum atomic E-state index is -0.504. The van der Waals surface area contributed by atoms with E-state index in [0.717, 1.165) is 31.5 Å². The number of piperazine rings is 1. The maximum absolute atomic E-state index is 12.9. The fraction of sp³-hybridized carbons (Fsp3) is 0.571. The van der Waals surface area contributed by atoms with Crippen molar-refractivity contribution < 1.29 is 19.1 Å². The predicted molar refractivity (Wildman–Crippen MR) is 145 cm³/mol. The maximum atomic E-state index is 12.9. The summed E-state index contributed by atoms with van der Waals surface area (Å²) in [5.41, 5.74) is 1.15. The molecule has 0 unspecified atom stereocenters. The normalized spacial score (nSPS) is 17.3. The molecule has 1 aromatic carbocycles. The zero-order valence-corrected chi connectivity index (χ0v) is 23.2. The third-order valence-electron chi connectivity index (χ3n) is 6.99. The van der Waals surface area contributed by atoms with Crippen LogP contribution in [0.1, 0.15) is 49.5 Å². The van der Waals surface area contributed by atoms with E-state index in [1.165, 1.54) is 0 Å². The van der Waals surface area contributed by atoms with E-state index in [1.807, 2.05) is 61.9 Å². The molecule has 10 heteroatoms. The largest absolute Gasteiger partial charge is 0.486 e. The van der Waals surface area contributed by atoms with Crippen LogP contribution in [0.2, 0.25) is 0 Å². The van der Waals surface area contributed by atoms with Gasteiger partial charge in [-0.1, -0.05) is 12.1 Å². The minimum absolute atomic E-state index is 0.0583. The van der Waals surface area contributed by atoms with Crippen molar-refractivity contribution in [2.75, 3.05) is 58.3 Å². The Kier molecular flexibility index (Phi) is 8.71. The first-order chi connectivity index (χ1) is 18.1. The van der Waals surface area contributed by atoms with Crippen molar-refractivity contribution >= 4 is 17.9 Å². The van der Waals surface area contributed by atoms with Crippen LogP contribution in [-0.4, -0.2) is 102 Å². The van der Waals surface area contributed by atoms with E-state index >= 15 is 0 Å². The predicted octanol–water partition coefficient (Wildman–Crippen LogP) is 3.28. The number of benzene rings is 1. The van der Waals surface area contributed by atoms with Crippen LogP contribution < -0.4 is 9.64 Å². The van der Waals surface area contributed by atoms with Gasteiger partial charge in [-0.05, 0) is 71.4 Å². The lowest BCUT2D eigenvalue weighted by Gasteiger charge is -2.35. The van der Waals surface area contributed by atoms with Crippen LogP contribution in [0.4, 0.5) is 10.7 Å². The number of hydrogen-bond donors (Lipinski definition) is 0. The van der Waals surface area contributed by atoms with Crippen LogP contribution in [-0.2, 0) is 11.3 Å². The molecule has 2 aliphatic rings. The van der Waals surface area contributed by atoms with Crippen LogP contribution in [0.5, 0.6) is 5.75 Å².